The van der Waals surface area contributed by atoms with Gasteiger partial charge >= 0.3 is 5.97 Å². The van der Waals surface area contributed by atoms with Crippen LogP contribution in [0.3, 0.4) is 0 Å². The van der Waals surface area contributed by atoms with Crippen LogP contribution in [0, 0.1) is 10.1 Å². The van der Waals surface area contributed by atoms with Gasteiger partial charge in [0.2, 0.25) is 0 Å². The molecule has 3 aromatic rings. The van der Waals surface area contributed by atoms with Crippen molar-refractivity contribution < 1.29 is 19.6 Å². The van der Waals surface area contributed by atoms with E-state index < -0.39 is 10.9 Å². The van der Waals surface area contributed by atoms with Crippen LogP contribution < -0.4 is 16.0 Å². The molecular weight excluding hydrogens is 436 g/mol. The van der Waals surface area contributed by atoms with E-state index in [9.17, 15) is 19.7 Å². The van der Waals surface area contributed by atoms with E-state index in [1.807, 2.05) is 54.6 Å². The predicted octanol–water partition coefficient (Wildman–Crippen LogP) is 4.09. The van der Waals surface area contributed by atoms with Crippen molar-refractivity contribution in [2.75, 3.05) is 17.2 Å². The van der Waals surface area contributed by atoms with Crippen LogP contribution in [0.25, 0.3) is 11.3 Å². The Bertz CT molecular complexity index is 1270. The maximum atomic E-state index is 12.9. The van der Waals surface area contributed by atoms with E-state index in [0.29, 0.717) is 35.6 Å². The maximum Gasteiger partial charge on any atom is 0.304 e. The first-order chi connectivity index (χ1) is 16.4. The molecule has 4 rings (SSSR count). The van der Waals surface area contributed by atoms with E-state index in [4.69, 9.17) is 5.11 Å². The largest absolute Gasteiger partial charge is 0.481 e. The molecule has 0 saturated carbocycles. The molecule has 1 amide bonds. The van der Waals surface area contributed by atoms with Crippen molar-refractivity contribution in [3.63, 3.8) is 0 Å². The molecule has 0 saturated heterocycles. The van der Waals surface area contributed by atoms with Gasteiger partial charge in [0.25, 0.3) is 11.6 Å². The molecule has 0 bridgehead atoms. The molecule has 172 valence electrons. The number of carboxylic acids is 1. The molecule has 1 aliphatic rings. The highest BCUT2D eigenvalue weighted by molar-refractivity contribution is 6.37. The number of aliphatic carboxylic acids is 1. The molecule has 1 aliphatic heterocycles. The van der Waals surface area contributed by atoms with Gasteiger partial charge in [-0.25, -0.2) is 0 Å². The summed E-state index contributed by atoms with van der Waals surface area (Å²) >= 11 is 0. The number of carbonyl (C=O) groups excluding carboxylic acids is 1. The Morgan fingerprint density at radius 1 is 1.03 bits per heavy atom. The smallest absolute Gasteiger partial charge is 0.304 e. The zero-order valence-electron chi connectivity index (χ0n) is 18.1. The molecule has 34 heavy (non-hydrogen) atoms. The summed E-state index contributed by atoms with van der Waals surface area (Å²) < 4.78 is 0. The number of carboxylic acid groups (broad SMARTS) is 1. The Morgan fingerprint density at radius 2 is 1.76 bits per heavy atom. The average molecular weight is 458 g/mol. The highest BCUT2D eigenvalue weighted by Gasteiger charge is 2.30. The van der Waals surface area contributed by atoms with Gasteiger partial charge in [-0.3, -0.25) is 19.7 Å². The highest BCUT2D eigenvalue weighted by Crippen LogP contribution is 2.39. The zero-order valence-corrected chi connectivity index (χ0v) is 18.1. The number of anilines is 2. The van der Waals surface area contributed by atoms with E-state index in [0.717, 1.165) is 16.8 Å². The van der Waals surface area contributed by atoms with Crippen LogP contribution in [0.4, 0.5) is 17.1 Å². The van der Waals surface area contributed by atoms with Crippen LogP contribution in [-0.4, -0.2) is 28.5 Å². The Hall–Kier alpha value is -4.50. The van der Waals surface area contributed by atoms with Gasteiger partial charge < -0.3 is 21.1 Å². The number of amides is 1. The lowest BCUT2D eigenvalue weighted by Gasteiger charge is -2.15. The molecule has 1 heterocycles. The highest BCUT2D eigenvalue weighted by atomic mass is 16.6. The molecule has 0 radical (unpaired) electrons. The lowest BCUT2D eigenvalue weighted by molar-refractivity contribution is -0.384. The first-order valence-corrected chi connectivity index (χ1v) is 10.6. The van der Waals surface area contributed by atoms with E-state index in [1.165, 1.54) is 18.2 Å². The topological polar surface area (TPSA) is 134 Å². The van der Waals surface area contributed by atoms with Crippen molar-refractivity contribution in [2.45, 2.75) is 13.0 Å². The Morgan fingerprint density at radius 3 is 2.44 bits per heavy atom. The second-order valence-corrected chi connectivity index (χ2v) is 7.70. The Kier molecular flexibility index (Phi) is 6.65. The van der Waals surface area contributed by atoms with Crippen molar-refractivity contribution in [2.24, 2.45) is 0 Å². The molecule has 0 unspecified atom stereocenters. The lowest BCUT2D eigenvalue weighted by Crippen LogP contribution is -2.17. The normalized spacial score (nSPS) is 13.7. The van der Waals surface area contributed by atoms with E-state index in [-0.39, 0.29) is 18.0 Å². The minimum atomic E-state index is -0.851. The fourth-order valence-electron chi connectivity index (χ4n) is 3.68. The number of nitrogens with zero attached hydrogens (tertiary/aromatic N) is 1. The Labute approximate surface area is 195 Å². The first-order valence-electron chi connectivity index (χ1n) is 10.6. The molecular formula is C25H22N4O5. The second kappa shape index (κ2) is 9.97. The fraction of sp³-hybridized carbons (Fsp3) is 0.120. The summed E-state index contributed by atoms with van der Waals surface area (Å²) in [4.78, 5) is 34.4. The SMILES string of the molecule is O=C(O)CCNCc1ccc(NC(=C2C(=O)Nc3ccc([N+](=O)[O-])cc32)c2ccccc2)cc1. The van der Waals surface area contributed by atoms with Crippen LogP contribution in [0.5, 0.6) is 0 Å². The molecule has 0 atom stereocenters. The van der Waals surface area contributed by atoms with Crippen LogP contribution >= 0.6 is 0 Å². The van der Waals surface area contributed by atoms with Gasteiger partial charge in [0.1, 0.15) is 0 Å². The third-order valence-corrected chi connectivity index (χ3v) is 5.34. The summed E-state index contributed by atoms with van der Waals surface area (Å²) in [6.45, 7) is 0.903. The molecule has 0 aliphatic carbocycles. The van der Waals surface area contributed by atoms with Crippen LogP contribution in [0.1, 0.15) is 23.1 Å². The number of carbonyl (C=O) groups is 2. The molecule has 3 aromatic carbocycles. The van der Waals surface area contributed by atoms with Crippen LogP contribution in [0.15, 0.2) is 72.8 Å². The monoisotopic (exact) mass is 458 g/mol. The minimum Gasteiger partial charge on any atom is -0.481 e. The van der Waals surface area contributed by atoms with E-state index in [2.05, 4.69) is 16.0 Å². The summed E-state index contributed by atoms with van der Waals surface area (Å²) in [5, 5.41) is 29.2. The number of hydrogen-bond acceptors (Lipinski definition) is 6. The van der Waals surface area contributed by atoms with Gasteiger partial charge in [0.05, 0.1) is 22.6 Å². The number of nitro benzene ring substituents is 1. The Balaban J connectivity index is 1.66. The molecule has 4 N–H and O–H groups in total. The van der Waals surface area contributed by atoms with Crippen LogP contribution in [0.2, 0.25) is 0 Å². The third-order valence-electron chi connectivity index (χ3n) is 5.34. The van der Waals surface area contributed by atoms with Gasteiger partial charge in [0.15, 0.2) is 0 Å². The van der Waals surface area contributed by atoms with E-state index >= 15 is 0 Å². The number of fused-ring (bicyclic) bond motifs is 1. The third kappa shape index (κ3) is 5.11. The predicted molar refractivity (Wildman–Crippen MR) is 129 cm³/mol. The van der Waals surface area contributed by atoms with Gasteiger partial charge in [-0.15, -0.1) is 0 Å². The maximum absolute atomic E-state index is 12.9. The van der Waals surface area contributed by atoms with Gasteiger partial charge in [-0.05, 0) is 29.3 Å². The van der Waals surface area contributed by atoms with Crippen LogP contribution in [-0.2, 0) is 16.1 Å². The minimum absolute atomic E-state index is 0.0509. The second-order valence-electron chi connectivity index (χ2n) is 7.70. The molecule has 0 spiro atoms. The number of rotatable bonds is 9. The first kappa shape index (κ1) is 22.7. The van der Waals surface area contributed by atoms with Crippen molar-refractivity contribution in [3.05, 3.63) is 99.6 Å². The summed E-state index contributed by atoms with van der Waals surface area (Å²) in [5.41, 5.74) is 4.20. The van der Waals surface area contributed by atoms with Crippen molar-refractivity contribution >= 4 is 40.2 Å². The molecule has 0 fully saturated rings. The number of benzene rings is 3. The molecule has 0 aromatic heterocycles. The number of nitrogens with one attached hydrogen (secondary N) is 3. The molecule has 9 nitrogen and oxygen atoms in total. The summed E-state index contributed by atoms with van der Waals surface area (Å²) in [5.74, 6) is -1.20. The van der Waals surface area contributed by atoms with Crippen molar-refractivity contribution in [1.82, 2.24) is 5.32 Å². The summed E-state index contributed by atoms with van der Waals surface area (Å²) in [6.07, 6.45) is 0.0509. The lowest BCUT2D eigenvalue weighted by atomic mass is 9.99. The summed E-state index contributed by atoms with van der Waals surface area (Å²) in [7, 11) is 0. The van der Waals surface area contributed by atoms with Gasteiger partial charge in [0, 0.05) is 42.2 Å². The van der Waals surface area contributed by atoms with Gasteiger partial charge in [-0.2, -0.15) is 0 Å². The standard InChI is InChI=1S/C25H22N4O5/c30-22(31)12-13-26-15-16-6-8-18(9-7-16)27-24(17-4-2-1-3-5-17)23-20-14-19(29(33)34)10-11-21(20)28-25(23)32/h1-11,14,26-27H,12-13,15H2,(H,28,32)(H,30,31). The fourth-order valence-corrected chi connectivity index (χ4v) is 3.68. The van der Waals surface area contributed by atoms with Crippen molar-refractivity contribution in [1.29, 1.82) is 0 Å². The van der Waals surface area contributed by atoms with Gasteiger partial charge in [-0.1, -0.05) is 42.5 Å². The van der Waals surface area contributed by atoms with E-state index in [1.54, 1.807) is 0 Å². The number of hydrogen-bond donors (Lipinski definition) is 4. The molecule has 9 heteroatoms. The quantitative estimate of drug-likeness (QED) is 0.164. The number of non-ortho nitro benzene ring substituents is 1. The average Bonchev–Trinajstić information content (AvgIpc) is 3.16. The number of nitro groups is 1. The summed E-state index contributed by atoms with van der Waals surface area (Å²) in [6, 6.07) is 21.1. The van der Waals surface area contributed by atoms with Crippen molar-refractivity contribution in [3.8, 4) is 0 Å². The zero-order chi connectivity index (χ0) is 24.1.